The minimum absolute atomic E-state index is 0.207. The Kier molecular flexibility index (Phi) is 7.33. The van der Waals surface area contributed by atoms with Crippen molar-refractivity contribution in [1.82, 2.24) is 0 Å². The molecule has 2 aromatic rings. The van der Waals surface area contributed by atoms with Crippen LogP contribution in [-0.4, -0.2) is 34.2 Å². The fraction of sp³-hybridized carbons (Fsp3) is 0.300. The molecule has 0 bridgehead atoms. The quantitative estimate of drug-likeness (QED) is 0.512. The van der Waals surface area contributed by atoms with Crippen LogP contribution >= 0.6 is 0 Å². The maximum atomic E-state index is 5.71. The van der Waals surface area contributed by atoms with Crippen LogP contribution in [0.5, 0.6) is 11.5 Å². The van der Waals surface area contributed by atoms with E-state index < -0.39 is 0 Å². The van der Waals surface area contributed by atoms with Crippen molar-refractivity contribution in [2.45, 2.75) is 6.92 Å². The molecule has 128 valence electrons. The van der Waals surface area contributed by atoms with Crippen molar-refractivity contribution < 1.29 is 18.9 Å². The molecule has 24 heavy (non-hydrogen) atoms. The Morgan fingerprint density at radius 3 is 2.42 bits per heavy atom. The van der Waals surface area contributed by atoms with E-state index in [0.717, 1.165) is 28.2 Å². The predicted octanol–water partition coefficient (Wildman–Crippen LogP) is 4.15. The van der Waals surface area contributed by atoms with Crippen molar-refractivity contribution in [3.8, 4) is 11.5 Å². The number of hydrogen-bond donors (Lipinski definition) is 0. The molecule has 4 heteroatoms. The summed E-state index contributed by atoms with van der Waals surface area (Å²) in [5.41, 5.74) is 3.13. The number of para-hydroxylation sites is 1. The van der Waals surface area contributed by atoms with Crippen LogP contribution in [-0.2, 0) is 9.47 Å². The van der Waals surface area contributed by atoms with Crippen LogP contribution in [0, 0.1) is 0 Å². The fourth-order valence-electron chi connectivity index (χ4n) is 2.35. The van der Waals surface area contributed by atoms with Crippen LogP contribution in [0.2, 0.25) is 0 Å². The van der Waals surface area contributed by atoms with Crippen LogP contribution in [0.3, 0.4) is 0 Å². The van der Waals surface area contributed by atoms with Gasteiger partial charge < -0.3 is 18.9 Å². The van der Waals surface area contributed by atoms with E-state index in [1.807, 2.05) is 55.5 Å². The highest BCUT2D eigenvalue weighted by Crippen LogP contribution is 2.32. The highest BCUT2D eigenvalue weighted by atomic mass is 16.7. The Morgan fingerprint density at radius 2 is 1.75 bits per heavy atom. The third-order valence-electron chi connectivity index (χ3n) is 3.52. The molecular weight excluding hydrogens is 304 g/mol. The molecule has 0 fully saturated rings. The van der Waals surface area contributed by atoms with Crippen LogP contribution < -0.4 is 9.47 Å². The number of benzene rings is 2. The van der Waals surface area contributed by atoms with Gasteiger partial charge in [-0.25, -0.2) is 0 Å². The molecule has 0 saturated heterocycles. The normalized spacial score (nSPS) is 11.4. The highest BCUT2D eigenvalue weighted by Gasteiger charge is 2.11. The summed E-state index contributed by atoms with van der Waals surface area (Å²) in [5, 5.41) is 0. The molecule has 0 amide bonds. The lowest BCUT2D eigenvalue weighted by Gasteiger charge is -2.15. The minimum atomic E-state index is 0.207. The summed E-state index contributed by atoms with van der Waals surface area (Å²) in [6, 6.07) is 15.9. The second-order valence-corrected chi connectivity index (χ2v) is 5.05. The van der Waals surface area contributed by atoms with Gasteiger partial charge in [0, 0.05) is 19.3 Å². The lowest BCUT2D eigenvalue weighted by atomic mass is 9.96. The van der Waals surface area contributed by atoms with Crippen molar-refractivity contribution in [2.75, 3.05) is 34.2 Å². The van der Waals surface area contributed by atoms with Gasteiger partial charge in [0.15, 0.2) is 6.79 Å². The molecule has 2 aromatic carbocycles. The summed E-state index contributed by atoms with van der Waals surface area (Å²) in [5.74, 6) is 1.60. The molecule has 0 atom stereocenters. The Labute approximate surface area is 143 Å². The van der Waals surface area contributed by atoms with Crippen LogP contribution in [0.1, 0.15) is 18.1 Å². The molecular formula is C20H24O4. The van der Waals surface area contributed by atoms with Crippen LogP contribution in [0.4, 0.5) is 0 Å². The zero-order chi connectivity index (χ0) is 17.2. The Morgan fingerprint density at radius 1 is 1.00 bits per heavy atom. The molecule has 0 spiro atoms. The molecule has 0 aliphatic heterocycles. The molecule has 2 rings (SSSR count). The van der Waals surface area contributed by atoms with Gasteiger partial charge in [-0.2, -0.15) is 0 Å². The third kappa shape index (κ3) is 4.85. The lowest BCUT2D eigenvalue weighted by molar-refractivity contribution is 0.0509. The van der Waals surface area contributed by atoms with Crippen molar-refractivity contribution in [1.29, 1.82) is 0 Å². The summed E-state index contributed by atoms with van der Waals surface area (Å²) < 4.78 is 21.5. The van der Waals surface area contributed by atoms with E-state index in [1.165, 1.54) is 0 Å². The molecule has 0 aliphatic rings. The molecule has 0 unspecified atom stereocenters. The van der Waals surface area contributed by atoms with E-state index in [9.17, 15) is 0 Å². The molecule has 0 N–H and O–H groups in total. The Balaban J connectivity index is 2.40. The van der Waals surface area contributed by atoms with E-state index in [4.69, 9.17) is 18.9 Å². The van der Waals surface area contributed by atoms with Gasteiger partial charge in [0.2, 0.25) is 0 Å². The third-order valence-corrected chi connectivity index (χ3v) is 3.52. The highest BCUT2D eigenvalue weighted by molar-refractivity contribution is 5.83. The number of ether oxygens (including phenoxy) is 4. The minimum Gasteiger partial charge on any atom is -0.497 e. The van der Waals surface area contributed by atoms with Gasteiger partial charge in [-0.05, 0) is 36.3 Å². The van der Waals surface area contributed by atoms with Crippen LogP contribution in [0.15, 0.2) is 54.6 Å². The second-order valence-electron chi connectivity index (χ2n) is 5.05. The van der Waals surface area contributed by atoms with Crippen molar-refractivity contribution in [3.05, 3.63) is 65.7 Å². The van der Waals surface area contributed by atoms with Crippen molar-refractivity contribution in [3.63, 3.8) is 0 Å². The standard InChI is InChI=1S/C20H24O4/c1-4-23-14-13-18(16-9-11-17(22-3)12-10-16)19-7-5-6-8-20(19)24-15-21-2/h5-13H,4,14-15H2,1-3H3/b18-13-. The smallest absolute Gasteiger partial charge is 0.188 e. The summed E-state index contributed by atoms with van der Waals surface area (Å²) in [6.07, 6.45) is 2.07. The molecule has 4 nitrogen and oxygen atoms in total. The van der Waals surface area contributed by atoms with E-state index in [1.54, 1.807) is 14.2 Å². The van der Waals surface area contributed by atoms with Gasteiger partial charge in [0.05, 0.1) is 13.7 Å². The molecule has 0 radical (unpaired) electrons. The molecule has 0 saturated carbocycles. The topological polar surface area (TPSA) is 36.9 Å². The van der Waals surface area contributed by atoms with E-state index in [2.05, 4.69) is 6.08 Å². The predicted molar refractivity (Wildman–Crippen MR) is 95.5 cm³/mol. The first-order chi connectivity index (χ1) is 11.8. The lowest BCUT2D eigenvalue weighted by Crippen LogP contribution is -2.02. The van der Waals surface area contributed by atoms with Gasteiger partial charge in [0.25, 0.3) is 0 Å². The summed E-state index contributed by atoms with van der Waals surface area (Å²) in [6.45, 7) is 3.40. The van der Waals surface area contributed by atoms with Gasteiger partial charge >= 0.3 is 0 Å². The average molecular weight is 328 g/mol. The first-order valence-corrected chi connectivity index (χ1v) is 7.93. The summed E-state index contributed by atoms with van der Waals surface area (Å²) in [7, 11) is 3.27. The number of rotatable bonds is 9. The summed E-state index contributed by atoms with van der Waals surface area (Å²) >= 11 is 0. The van der Waals surface area contributed by atoms with Gasteiger partial charge in [-0.3, -0.25) is 0 Å². The summed E-state index contributed by atoms with van der Waals surface area (Å²) in [4.78, 5) is 0. The Bertz CT molecular complexity index is 647. The largest absolute Gasteiger partial charge is 0.497 e. The van der Waals surface area contributed by atoms with Gasteiger partial charge in [0.1, 0.15) is 11.5 Å². The second kappa shape index (κ2) is 9.75. The zero-order valence-corrected chi connectivity index (χ0v) is 14.5. The van der Waals surface area contributed by atoms with E-state index >= 15 is 0 Å². The first kappa shape index (κ1) is 18.0. The van der Waals surface area contributed by atoms with E-state index in [0.29, 0.717) is 13.2 Å². The Hall–Kier alpha value is -2.30. The van der Waals surface area contributed by atoms with Gasteiger partial charge in [-0.1, -0.05) is 36.4 Å². The SMILES string of the molecule is CCOC/C=C(/c1ccc(OC)cc1)c1ccccc1OCOC. The molecule has 0 aromatic heterocycles. The fourth-order valence-corrected chi connectivity index (χ4v) is 2.35. The monoisotopic (exact) mass is 328 g/mol. The maximum absolute atomic E-state index is 5.71. The zero-order valence-electron chi connectivity index (χ0n) is 14.5. The van der Waals surface area contributed by atoms with Crippen LogP contribution in [0.25, 0.3) is 5.57 Å². The first-order valence-electron chi connectivity index (χ1n) is 7.93. The van der Waals surface area contributed by atoms with E-state index in [-0.39, 0.29) is 6.79 Å². The van der Waals surface area contributed by atoms with Crippen molar-refractivity contribution in [2.24, 2.45) is 0 Å². The average Bonchev–Trinajstić information content (AvgIpc) is 2.64. The number of methoxy groups -OCH3 is 2. The maximum Gasteiger partial charge on any atom is 0.188 e. The van der Waals surface area contributed by atoms with Crippen molar-refractivity contribution >= 4 is 5.57 Å². The molecule has 0 heterocycles. The number of hydrogen-bond acceptors (Lipinski definition) is 4. The van der Waals surface area contributed by atoms with Gasteiger partial charge in [-0.15, -0.1) is 0 Å². The molecule has 0 aliphatic carbocycles.